The lowest BCUT2D eigenvalue weighted by molar-refractivity contribution is 0.229. The number of hydrogen-bond acceptors (Lipinski definition) is 3. The second-order valence-electron chi connectivity index (χ2n) is 4.49. The number of imidazole rings is 1. The quantitative estimate of drug-likeness (QED) is 0.801. The summed E-state index contributed by atoms with van der Waals surface area (Å²) in [6.45, 7) is 0.947. The highest BCUT2D eigenvalue weighted by molar-refractivity contribution is 5.39. The van der Waals surface area contributed by atoms with Crippen LogP contribution in [0, 0.1) is 0 Å². The van der Waals surface area contributed by atoms with Gasteiger partial charge in [-0.25, -0.2) is 4.98 Å². The molecule has 0 aliphatic heterocycles. The van der Waals surface area contributed by atoms with E-state index in [2.05, 4.69) is 10.3 Å². The van der Waals surface area contributed by atoms with Crippen LogP contribution in [0.4, 0.5) is 0 Å². The number of aliphatic hydroxyl groups is 1. The number of hydrogen-bond donors (Lipinski definition) is 2. The van der Waals surface area contributed by atoms with Gasteiger partial charge < -0.3 is 14.8 Å². The topological polar surface area (TPSA) is 49.6 Å². The average molecular weight is 217 g/mol. The summed E-state index contributed by atoms with van der Waals surface area (Å²) in [5.74, 6) is 0. The third-order valence-electron chi connectivity index (χ3n) is 3.21. The maximum atomic E-state index is 9.19. The molecule has 84 valence electrons. The smallest absolute Gasteiger partial charge is 0.137 e. The van der Waals surface area contributed by atoms with Crippen LogP contribution >= 0.6 is 0 Å². The van der Waals surface area contributed by atoms with E-state index in [1.807, 2.05) is 35.0 Å². The Balaban J connectivity index is 1.74. The standard InChI is InChI=1S/C12H15N3O/c16-9-12(4-5-12)13-7-10-8-15-6-2-1-3-11(15)14-10/h1-3,6,8,13,16H,4-5,7,9H2. The van der Waals surface area contributed by atoms with E-state index in [0.717, 1.165) is 30.7 Å². The van der Waals surface area contributed by atoms with Crippen LogP contribution in [0.15, 0.2) is 30.6 Å². The van der Waals surface area contributed by atoms with Crippen molar-refractivity contribution < 1.29 is 5.11 Å². The van der Waals surface area contributed by atoms with Gasteiger partial charge in [-0.2, -0.15) is 0 Å². The molecule has 1 aliphatic rings. The van der Waals surface area contributed by atoms with Gasteiger partial charge in [0.25, 0.3) is 0 Å². The Kier molecular flexibility index (Phi) is 2.19. The van der Waals surface area contributed by atoms with Gasteiger partial charge in [-0.05, 0) is 25.0 Å². The van der Waals surface area contributed by atoms with Gasteiger partial charge in [0.15, 0.2) is 0 Å². The minimum absolute atomic E-state index is 0.0181. The number of nitrogens with zero attached hydrogens (tertiary/aromatic N) is 2. The van der Waals surface area contributed by atoms with E-state index in [9.17, 15) is 5.11 Å². The number of fused-ring (bicyclic) bond motifs is 1. The first-order chi connectivity index (χ1) is 7.81. The molecule has 0 radical (unpaired) electrons. The second-order valence-corrected chi connectivity index (χ2v) is 4.49. The highest BCUT2D eigenvalue weighted by Crippen LogP contribution is 2.34. The first-order valence-electron chi connectivity index (χ1n) is 5.60. The highest BCUT2D eigenvalue weighted by atomic mass is 16.3. The van der Waals surface area contributed by atoms with Crippen molar-refractivity contribution in [3.63, 3.8) is 0 Å². The van der Waals surface area contributed by atoms with Gasteiger partial charge in [0.1, 0.15) is 5.65 Å². The zero-order valence-corrected chi connectivity index (χ0v) is 9.06. The number of rotatable bonds is 4. The molecule has 0 amide bonds. The van der Waals surface area contributed by atoms with Crippen LogP contribution in [-0.2, 0) is 6.54 Å². The predicted molar refractivity (Wildman–Crippen MR) is 61.1 cm³/mol. The fraction of sp³-hybridized carbons (Fsp3) is 0.417. The van der Waals surface area contributed by atoms with Crippen LogP contribution in [0.3, 0.4) is 0 Å². The Morgan fingerprint density at radius 3 is 3.00 bits per heavy atom. The zero-order chi connectivity index (χ0) is 11.0. The van der Waals surface area contributed by atoms with E-state index in [1.165, 1.54) is 0 Å². The minimum atomic E-state index is -0.0181. The lowest BCUT2D eigenvalue weighted by Crippen LogP contribution is -2.34. The number of aromatic nitrogens is 2. The van der Waals surface area contributed by atoms with Gasteiger partial charge >= 0.3 is 0 Å². The summed E-state index contributed by atoms with van der Waals surface area (Å²) < 4.78 is 2.01. The first kappa shape index (κ1) is 9.81. The van der Waals surface area contributed by atoms with Crippen LogP contribution in [0.25, 0.3) is 5.65 Å². The van der Waals surface area contributed by atoms with Crippen molar-refractivity contribution in [3.8, 4) is 0 Å². The second kappa shape index (κ2) is 3.57. The molecule has 1 aliphatic carbocycles. The van der Waals surface area contributed by atoms with Crippen LogP contribution < -0.4 is 5.32 Å². The van der Waals surface area contributed by atoms with Crippen molar-refractivity contribution >= 4 is 5.65 Å². The molecule has 1 saturated carbocycles. The van der Waals surface area contributed by atoms with E-state index < -0.39 is 0 Å². The summed E-state index contributed by atoms with van der Waals surface area (Å²) in [6.07, 6.45) is 6.15. The summed E-state index contributed by atoms with van der Waals surface area (Å²) in [5.41, 5.74) is 1.97. The molecular weight excluding hydrogens is 202 g/mol. The number of pyridine rings is 1. The maximum absolute atomic E-state index is 9.19. The first-order valence-corrected chi connectivity index (χ1v) is 5.60. The highest BCUT2D eigenvalue weighted by Gasteiger charge is 2.41. The molecule has 16 heavy (non-hydrogen) atoms. The fourth-order valence-electron chi connectivity index (χ4n) is 1.89. The summed E-state index contributed by atoms with van der Waals surface area (Å²) >= 11 is 0. The SMILES string of the molecule is OCC1(NCc2cn3ccccc3n2)CC1. The Labute approximate surface area is 93.9 Å². The zero-order valence-electron chi connectivity index (χ0n) is 9.06. The van der Waals surface area contributed by atoms with Gasteiger partial charge in [0, 0.05) is 24.5 Å². The Morgan fingerprint density at radius 2 is 2.31 bits per heavy atom. The molecule has 2 N–H and O–H groups in total. The average Bonchev–Trinajstić information content (AvgIpc) is 2.98. The lowest BCUT2D eigenvalue weighted by Gasteiger charge is -2.12. The van der Waals surface area contributed by atoms with Crippen molar-refractivity contribution in [2.24, 2.45) is 0 Å². The third kappa shape index (κ3) is 1.70. The van der Waals surface area contributed by atoms with E-state index in [-0.39, 0.29) is 12.1 Å². The van der Waals surface area contributed by atoms with Crippen LogP contribution in [0.5, 0.6) is 0 Å². The Bertz CT molecular complexity index is 469. The van der Waals surface area contributed by atoms with E-state index in [1.54, 1.807) is 0 Å². The van der Waals surface area contributed by atoms with Crippen LogP contribution in [0.1, 0.15) is 18.5 Å². The molecule has 4 heteroatoms. The summed E-state index contributed by atoms with van der Waals surface area (Å²) in [6, 6.07) is 5.96. The van der Waals surface area contributed by atoms with Crippen LogP contribution in [0.2, 0.25) is 0 Å². The van der Waals surface area contributed by atoms with E-state index >= 15 is 0 Å². The lowest BCUT2D eigenvalue weighted by atomic mass is 10.3. The Morgan fingerprint density at radius 1 is 1.44 bits per heavy atom. The molecule has 0 atom stereocenters. The van der Waals surface area contributed by atoms with Gasteiger partial charge in [-0.15, -0.1) is 0 Å². The molecule has 0 spiro atoms. The van der Waals surface area contributed by atoms with Crippen molar-refractivity contribution in [1.82, 2.24) is 14.7 Å². The van der Waals surface area contributed by atoms with Gasteiger partial charge in [-0.1, -0.05) is 6.07 Å². The molecule has 3 rings (SSSR count). The van der Waals surface area contributed by atoms with Crippen molar-refractivity contribution in [1.29, 1.82) is 0 Å². The molecule has 2 heterocycles. The predicted octanol–water partition coefficient (Wildman–Crippen LogP) is 0.949. The largest absolute Gasteiger partial charge is 0.394 e. The Hall–Kier alpha value is -1.39. The van der Waals surface area contributed by atoms with Crippen LogP contribution in [-0.4, -0.2) is 26.6 Å². The molecular formula is C12H15N3O. The molecule has 0 aromatic carbocycles. The molecule has 0 saturated heterocycles. The summed E-state index contributed by atoms with van der Waals surface area (Å²) in [5, 5.41) is 12.6. The van der Waals surface area contributed by atoms with E-state index in [0.29, 0.717) is 0 Å². The third-order valence-corrected chi connectivity index (χ3v) is 3.21. The number of nitrogens with one attached hydrogen (secondary N) is 1. The molecule has 2 aromatic heterocycles. The summed E-state index contributed by atoms with van der Waals surface area (Å²) in [7, 11) is 0. The molecule has 0 bridgehead atoms. The van der Waals surface area contributed by atoms with Gasteiger partial charge in [0.05, 0.1) is 12.3 Å². The van der Waals surface area contributed by atoms with Gasteiger partial charge in [-0.3, -0.25) is 0 Å². The molecule has 4 nitrogen and oxygen atoms in total. The van der Waals surface area contributed by atoms with Crippen molar-refractivity contribution in [3.05, 3.63) is 36.3 Å². The molecule has 1 fully saturated rings. The fourth-order valence-corrected chi connectivity index (χ4v) is 1.89. The summed E-state index contributed by atoms with van der Waals surface area (Å²) in [4.78, 5) is 4.50. The molecule has 2 aromatic rings. The molecule has 0 unspecified atom stereocenters. The number of aliphatic hydroxyl groups excluding tert-OH is 1. The van der Waals surface area contributed by atoms with Crippen molar-refractivity contribution in [2.45, 2.75) is 24.9 Å². The van der Waals surface area contributed by atoms with Crippen molar-refractivity contribution in [2.75, 3.05) is 6.61 Å². The maximum Gasteiger partial charge on any atom is 0.137 e. The minimum Gasteiger partial charge on any atom is -0.394 e. The van der Waals surface area contributed by atoms with Gasteiger partial charge in [0.2, 0.25) is 0 Å². The monoisotopic (exact) mass is 217 g/mol. The van der Waals surface area contributed by atoms with E-state index in [4.69, 9.17) is 0 Å². The normalized spacial score (nSPS) is 17.8.